The summed E-state index contributed by atoms with van der Waals surface area (Å²) in [5, 5.41) is 11.0. The summed E-state index contributed by atoms with van der Waals surface area (Å²) in [6.07, 6.45) is 2.47. The minimum absolute atomic E-state index is 0.0448. The van der Waals surface area contributed by atoms with E-state index in [1.54, 1.807) is 0 Å². The number of esters is 2. The van der Waals surface area contributed by atoms with E-state index >= 15 is 0 Å². The number of non-ortho nitro benzene ring substituents is 1. The summed E-state index contributed by atoms with van der Waals surface area (Å²) in [7, 11) is -3.07. The molecule has 0 spiro atoms. The molecule has 3 atom stereocenters. The van der Waals surface area contributed by atoms with Gasteiger partial charge in [-0.05, 0) is 54.9 Å². The average Bonchev–Trinajstić information content (AvgIpc) is 2.87. The van der Waals surface area contributed by atoms with E-state index in [1.807, 2.05) is 0 Å². The third-order valence-electron chi connectivity index (χ3n) is 6.67. The number of benzene rings is 2. The number of hydrogen-bond donors (Lipinski definition) is 1. The van der Waals surface area contributed by atoms with Crippen molar-refractivity contribution in [2.75, 3.05) is 18.4 Å². The van der Waals surface area contributed by atoms with Gasteiger partial charge in [-0.15, -0.1) is 0 Å². The van der Waals surface area contributed by atoms with Crippen molar-refractivity contribution in [3.63, 3.8) is 0 Å². The molecule has 0 aromatic heterocycles. The van der Waals surface area contributed by atoms with E-state index in [9.17, 15) is 28.1 Å². The van der Waals surface area contributed by atoms with Gasteiger partial charge in [-0.2, -0.15) is 0 Å². The first-order valence-electron chi connectivity index (χ1n) is 12.3. The van der Waals surface area contributed by atoms with Crippen LogP contribution in [0.25, 0.3) is 0 Å². The van der Waals surface area contributed by atoms with Crippen LogP contribution in [-0.4, -0.2) is 45.1 Å². The first kappa shape index (κ1) is 30.2. The largest absolute Gasteiger partial charge is 0.495 e. The molecule has 2 aromatic rings. The highest BCUT2D eigenvalue weighted by Crippen LogP contribution is 2.35. The van der Waals surface area contributed by atoms with E-state index in [-0.39, 0.29) is 44.6 Å². The molecular weight excluding hydrogens is 552 g/mol. The lowest BCUT2D eigenvalue weighted by Gasteiger charge is -2.36. The maximum Gasteiger partial charge on any atom is 0.344 e. The molecule has 39 heavy (non-hydrogen) atoms. The van der Waals surface area contributed by atoms with Gasteiger partial charge in [0.2, 0.25) is 0 Å². The lowest BCUT2D eigenvalue weighted by molar-refractivity contribution is -0.384. The van der Waals surface area contributed by atoms with Crippen LogP contribution in [0.3, 0.4) is 0 Å². The number of anilines is 1. The Morgan fingerprint density at radius 1 is 1.18 bits per heavy atom. The van der Waals surface area contributed by atoms with E-state index in [2.05, 4.69) is 25.5 Å². The molecule has 212 valence electrons. The van der Waals surface area contributed by atoms with Crippen LogP contribution in [-0.2, 0) is 24.3 Å². The van der Waals surface area contributed by atoms with Crippen LogP contribution in [0.5, 0.6) is 5.75 Å². The van der Waals surface area contributed by atoms with Gasteiger partial charge in [-0.3, -0.25) is 14.8 Å². The minimum atomic E-state index is -4.34. The smallest absolute Gasteiger partial charge is 0.344 e. The number of ether oxygens (including phenoxy) is 3. The van der Waals surface area contributed by atoms with Gasteiger partial charge in [0.1, 0.15) is 11.9 Å². The Bertz CT molecular complexity index is 1350. The van der Waals surface area contributed by atoms with Gasteiger partial charge < -0.3 is 14.2 Å². The molecule has 0 radical (unpaired) electrons. The molecule has 3 unspecified atom stereocenters. The quantitative estimate of drug-likeness (QED) is 0.226. The molecule has 2 aromatic carbocycles. The van der Waals surface area contributed by atoms with Crippen LogP contribution in [0.1, 0.15) is 50.4 Å². The Morgan fingerprint density at radius 2 is 1.90 bits per heavy atom. The monoisotopic (exact) mass is 582 g/mol. The maximum atomic E-state index is 13.0. The lowest BCUT2D eigenvalue weighted by Crippen LogP contribution is -2.36. The Balaban J connectivity index is 1.72. The number of nitro benzene ring substituents is 1. The van der Waals surface area contributed by atoms with Crippen LogP contribution in [0.2, 0.25) is 5.02 Å². The normalized spacial score (nSPS) is 19.3. The van der Waals surface area contributed by atoms with E-state index in [0.29, 0.717) is 11.8 Å². The fourth-order valence-corrected chi connectivity index (χ4v) is 5.86. The summed E-state index contributed by atoms with van der Waals surface area (Å²) in [5.41, 5.74) is -0.821. The predicted molar refractivity (Wildman–Crippen MR) is 143 cm³/mol. The summed E-state index contributed by atoms with van der Waals surface area (Å²) < 4.78 is 44.1. The van der Waals surface area contributed by atoms with Crippen molar-refractivity contribution in [1.82, 2.24) is 0 Å². The molecule has 0 heterocycles. The molecule has 11 nitrogen and oxygen atoms in total. The molecule has 1 saturated carbocycles. The fourth-order valence-electron chi connectivity index (χ4n) is 4.58. The highest BCUT2D eigenvalue weighted by molar-refractivity contribution is 7.92. The number of nitrogens with one attached hydrogen (secondary N) is 1. The van der Waals surface area contributed by atoms with Gasteiger partial charge in [0, 0.05) is 12.1 Å². The lowest BCUT2D eigenvalue weighted by atomic mass is 9.75. The van der Waals surface area contributed by atoms with E-state index < -0.39 is 33.5 Å². The van der Waals surface area contributed by atoms with Gasteiger partial charge in [0.05, 0.1) is 33.2 Å². The number of carbonyl (C=O) groups excluding carboxylic acids is 2. The Labute approximate surface area is 232 Å². The van der Waals surface area contributed by atoms with Crippen LogP contribution in [0, 0.1) is 27.9 Å². The van der Waals surface area contributed by atoms with Gasteiger partial charge in [0.25, 0.3) is 15.7 Å². The summed E-state index contributed by atoms with van der Waals surface area (Å²) in [6.45, 7) is 5.60. The number of nitrogens with zero attached hydrogens (tertiary/aromatic N) is 1. The van der Waals surface area contributed by atoms with Crippen molar-refractivity contribution in [3.05, 3.63) is 57.1 Å². The molecule has 1 N–H and O–H groups in total. The molecule has 1 aliphatic rings. The molecule has 13 heteroatoms. The molecular formula is C26H31ClN2O9S. The van der Waals surface area contributed by atoms with Crippen LogP contribution >= 0.6 is 11.6 Å². The van der Waals surface area contributed by atoms with Crippen LogP contribution in [0.15, 0.2) is 41.3 Å². The second-order valence-electron chi connectivity index (χ2n) is 9.82. The van der Waals surface area contributed by atoms with E-state index in [4.69, 9.17) is 25.8 Å². The summed E-state index contributed by atoms with van der Waals surface area (Å²) in [4.78, 5) is 35.3. The van der Waals surface area contributed by atoms with Crippen molar-refractivity contribution in [2.24, 2.45) is 17.8 Å². The number of carbonyl (C=O) groups is 2. The first-order valence-corrected chi connectivity index (χ1v) is 14.2. The molecule has 0 aliphatic heterocycles. The van der Waals surface area contributed by atoms with Gasteiger partial charge in [-0.25, -0.2) is 18.0 Å². The fraction of sp³-hybridized carbons (Fsp3) is 0.462. The van der Waals surface area contributed by atoms with Crippen LogP contribution in [0.4, 0.5) is 11.4 Å². The second-order valence-corrected chi connectivity index (χ2v) is 11.9. The van der Waals surface area contributed by atoms with Crippen molar-refractivity contribution in [3.8, 4) is 5.75 Å². The molecule has 3 rings (SSSR count). The maximum absolute atomic E-state index is 13.0. The molecule has 0 bridgehead atoms. The zero-order valence-electron chi connectivity index (χ0n) is 22.0. The van der Waals surface area contributed by atoms with Crippen molar-refractivity contribution < 1.29 is 37.1 Å². The third kappa shape index (κ3) is 7.60. The first-order chi connectivity index (χ1) is 18.3. The SMILES string of the molecule is COc1ccc([N+](=O)[O-])cc1NS(=O)(=O)c1ccc(Cl)c(C(=O)OCC(=O)OC2CC(C)CCC2C(C)C)c1. The van der Waals surface area contributed by atoms with E-state index in [0.717, 1.165) is 43.5 Å². The molecule has 0 amide bonds. The summed E-state index contributed by atoms with van der Waals surface area (Å²) >= 11 is 6.12. The number of methoxy groups -OCH3 is 1. The average molecular weight is 583 g/mol. The highest BCUT2D eigenvalue weighted by atomic mass is 35.5. The zero-order valence-corrected chi connectivity index (χ0v) is 23.6. The van der Waals surface area contributed by atoms with Crippen molar-refractivity contribution in [1.29, 1.82) is 0 Å². The summed E-state index contributed by atoms with van der Waals surface area (Å²) in [6, 6.07) is 6.74. The standard InChI is InChI=1S/C26H31ClN2O9S/c1-15(2)19-8-5-16(3)11-24(19)38-25(30)14-37-26(31)20-13-18(7-9-21(20)27)39(34,35)28-22-12-17(29(32)33)6-10-23(22)36-4/h6-7,9-10,12-13,15-16,19,24,28H,5,8,11,14H2,1-4H3. The predicted octanol–water partition coefficient (Wildman–Crippen LogP) is 5.22. The topological polar surface area (TPSA) is 151 Å². The van der Waals surface area contributed by atoms with Crippen molar-refractivity contribution in [2.45, 2.75) is 51.0 Å². The van der Waals surface area contributed by atoms with Gasteiger partial charge in [-0.1, -0.05) is 38.8 Å². The van der Waals surface area contributed by atoms with Gasteiger partial charge >= 0.3 is 11.9 Å². The number of sulfonamides is 1. The Kier molecular flexibility index (Phi) is 9.78. The second kappa shape index (κ2) is 12.6. The molecule has 1 fully saturated rings. The number of rotatable bonds is 10. The third-order valence-corrected chi connectivity index (χ3v) is 8.36. The Hall–Kier alpha value is -3.38. The number of hydrogen-bond acceptors (Lipinski definition) is 9. The highest BCUT2D eigenvalue weighted by Gasteiger charge is 2.33. The minimum Gasteiger partial charge on any atom is -0.495 e. The summed E-state index contributed by atoms with van der Waals surface area (Å²) in [5.74, 6) is -0.708. The van der Waals surface area contributed by atoms with Crippen LogP contribution < -0.4 is 9.46 Å². The Morgan fingerprint density at radius 3 is 2.54 bits per heavy atom. The van der Waals surface area contributed by atoms with Gasteiger partial charge in [0.15, 0.2) is 6.61 Å². The number of halogens is 1. The zero-order chi connectivity index (χ0) is 28.9. The van der Waals surface area contributed by atoms with Crippen molar-refractivity contribution >= 4 is 44.9 Å². The van der Waals surface area contributed by atoms with E-state index in [1.165, 1.54) is 19.2 Å². The molecule has 0 saturated heterocycles. The number of nitro groups is 1. The molecule has 1 aliphatic carbocycles.